The lowest BCUT2D eigenvalue weighted by atomic mass is 9.96. The van der Waals surface area contributed by atoms with Crippen LogP contribution in [-0.4, -0.2) is 73.3 Å². The Morgan fingerprint density at radius 1 is 1.23 bits per heavy atom. The van der Waals surface area contributed by atoms with E-state index >= 15 is 0 Å². The van der Waals surface area contributed by atoms with Crippen molar-refractivity contribution < 1.29 is 23.9 Å². The van der Waals surface area contributed by atoms with Crippen molar-refractivity contribution in [1.82, 2.24) is 10.2 Å². The molecule has 8 nitrogen and oxygen atoms in total. The zero-order valence-corrected chi connectivity index (χ0v) is 21.3. The average molecular weight is 446 g/mol. The smallest absolute Gasteiger partial charge is 0.410 e. The summed E-state index contributed by atoms with van der Waals surface area (Å²) in [6.07, 6.45) is 0.463. The fourth-order valence-corrected chi connectivity index (χ4v) is 4.87. The lowest BCUT2D eigenvalue weighted by Crippen LogP contribution is -2.61. The van der Waals surface area contributed by atoms with Gasteiger partial charge in [0.05, 0.1) is 18.2 Å². The molecule has 4 N–H and O–H groups in total. The summed E-state index contributed by atoms with van der Waals surface area (Å²) in [5.74, 6) is -0.517. The van der Waals surface area contributed by atoms with Gasteiger partial charge in [-0.15, -0.1) is 0 Å². The first-order valence-corrected chi connectivity index (χ1v) is 13.7. The molecule has 0 aromatic rings. The van der Waals surface area contributed by atoms with E-state index in [-0.39, 0.29) is 18.2 Å². The highest BCUT2D eigenvalue weighted by atomic mass is 28.4. The van der Waals surface area contributed by atoms with Crippen molar-refractivity contribution in [2.75, 3.05) is 19.7 Å². The first-order valence-electron chi connectivity index (χ1n) is 10.8. The molecule has 0 bridgehead atoms. The van der Waals surface area contributed by atoms with Crippen molar-refractivity contribution in [3.8, 4) is 0 Å². The summed E-state index contributed by atoms with van der Waals surface area (Å²) in [6, 6.07) is -0.733. The molecule has 1 aliphatic rings. The Bertz CT molecular complexity index is 615. The summed E-state index contributed by atoms with van der Waals surface area (Å²) < 4.78 is 11.9. The monoisotopic (exact) mass is 445 g/mol. The van der Waals surface area contributed by atoms with E-state index < -0.39 is 43.6 Å². The highest BCUT2D eigenvalue weighted by Crippen LogP contribution is 2.37. The number of hydrogen-bond donors (Lipinski definition) is 3. The molecule has 176 valence electrons. The van der Waals surface area contributed by atoms with Crippen molar-refractivity contribution in [3.05, 3.63) is 0 Å². The van der Waals surface area contributed by atoms with Crippen LogP contribution in [0.3, 0.4) is 0 Å². The molecule has 0 aromatic heterocycles. The minimum Gasteiger partial charge on any atom is -0.444 e. The van der Waals surface area contributed by atoms with Gasteiger partial charge in [-0.1, -0.05) is 20.8 Å². The van der Waals surface area contributed by atoms with E-state index in [2.05, 4.69) is 39.2 Å². The van der Waals surface area contributed by atoms with Gasteiger partial charge < -0.3 is 25.3 Å². The van der Waals surface area contributed by atoms with Gasteiger partial charge in [0, 0.05) is 13.1 Å². The zero-order valence-electron chi connectivity index (χ0n) is 20.3. The minimum absolute atomic E-state index is 0.00522. The topological polar surface area (TPSA) is 114 Å². The molecule has 30 heavy (non-hydrogen) atoms. The van der Waals surface area contributed by atoms with Gasteiger partial charge in [-0.3, -0.25) is 9.69 Å². The number of amides is 2. The summed E-state index contributed by atoms with van der Waals surface area (Å²) in [5, 5.41) is 13.4. The maximum absolute atomic E-state index is 12.7. The van der Waals surface area contributed by atoms with Crippen LogP contribution in [0.15, 0.2) is 0 Å². The predicted octanol–water partition coefficient (Wildman–Crippen LogP) is 2.60. The summed E-state index contributed by atoms with van der Waals surface area (Å²) in [4.78, 5) is 26.5. The number of aliphatic hydroxyl groups is 1. The highest BCUT2D eigenvalue weighted by Gasteiger charge is 2.46. The number of nitrogens with two attached hydrogens (primary N) is 1. The summed E-state index contributed by atoms with van der Waals surface area (Å²) in [7, 11) is -2.10. The Hall–Kier alpha value is -1.16. The van der Waals surface area contributed by atoms with Crippen LogP contribution in [0, 0.1) is 0 Å². The minimum atomic E-state index is -2.10. The SMILES string of the molecule is C[C@@H](O[Si](C)(C)C(C)(C)C)[C@H](NCC1(CO)CCCN1C(=O)OC(C)(C)C)C(N)=O. The van der Waals surface area contributed by atoms with Gasteiger partial charge in [0.2, 0.25) is 5.91 Å². The number of nitrogens with zero attached hydrogens (tertiary/aromatic N) is 1. The van der Waals surface area contributed by atoms with E-state index in [0.29, 0.717) is 13.0 Å². The maximum atomic E-state index is 12.7. The average Bonchev–Trinajstić information content (AvgIpc) is 2.96. The van der Waals surface area contributed by atoms with E-state index in [1.165, 1.54) is 0 Å². The number of ether oxygens (including phenoxy) is 1. The van der Waals surface area contributed by atoms with Crippen LogP contribution in [0.5, 0.6) is 0 Å². The number of aliphatic hydroxyl groups excluding tert-OH is 1. The molecule has 2 amide bonds. The van der Waals surface area contributed by atoms with E-state index in [1.807, 2.05) is 27.7 Å². The second-order valence-electron chi connectivity index (χ2n) is 11.0. The van der Waals surface area contributed by atoms with Crippen LogP contribution in [0.2, 0.25) is 18.1 Å². The van der Waals surface area contributed by atoms with E-state index in [9.17, 15) is 14.7 Å². The number of likely N-dealkylation sites (tertiary alicyclic amines) is 1. The van der Waals surface area contributed by atoms with Crippen LogP contribution in [-0.2, 0) is 14.0 Å². The number of carbonyl (C=O) groups is 2. The van der Waals surface area contributed by atoms with Crippen LogP contribution >= 0.6 is 0 Å². The number of nitrogens with one attached hydrogen (secondary N) is 1. The van der Waals surface area contributed by atoms with Crippen molar-refractivity contribution in [3.63, 3.8) is 0 Å². The quantitative estimate of drug-likeness (QED) is 0.495. The molecule has 0 saturated carbocycles. The second-order valence-corrected chi connectivity index (χ2v) is 15.7. The van der Waals surface area contributed by atoms with E-state index in [1.54, 1.807) is 4.90 Å². The number of carbonyl (C=O) groups excluding carboxylic acids is 2. The largest absolute Gasteiger partial charge is 0.444 e. The van der Waals surface area contributed by atoms with Gasteiger partial charge in [-0.2, -0.15) is 0 Å². The molecule has 1 unspecified atom stereocenters. The second kappa shape index (κ2) is 9.54. The molecule has 0 spiro atoms. The first kappa shape index (κ1) is 26.9. The van der Waals surface area contributed by atoms with Gasteiger partial charge in [0.25, 0.3) is 0 Å². The number of primary amides is 1. The molecule has 1 heterocycles. The summed E-state index contributed by atoms with van der Waals surface area (Å²) in [6.45, 7) is 18.4. The molecule has 9 heteroatoms. The molecule has 1 rings (SSSR count). The molecular weight excluding hydrogens is 402 g/mol. The summed E-state index contributed by atoms with van der Waals surface area (Å²) in [5.41, 5.74) is 4.21. The Labute approximate surface area is 183 Å². The fourth-order valence-electron chi connectivity index (χ4n) is 3.45. The van der Waals surface area contributed by atoms with Gasteiger partial charge in [-0.25, -0.2) is 4.79 Å². The Balaban J connectivity index is 2.96. The van der Waals surface area contributed by atoms with Crippen molar-refractivity contribution in [2.45, 2.75) is 103 Å². The number of rotatable bonds is 8. The molecule has 3 atom stereocenters. The van der Waals surface area contributed by atoms with Crippen molar-refractivity contribution in [1.29, 1.82) is 0 Å². The van der Waals surface area contributed by atoms with Gasteiger partial charge >= 0.3 is 6.09 Å². The maximum Gasteiger partial charge on any atom is 0.410 e. The standard InChI is InChI=1S/C21H43N3O5Si/c1-15(29-30(8,9)20(5,6)7)16(17(22)26)23-13-21(14-25)11-10-12-24(21)18(27)28-19(2,3)4/h15-16,23,25H,10-14H2,1-9H3,(H2,22,26)/t15-,16+,21?/m1/s1. The van der Waals surface area contributed by atoms with Crippen LogP contribution in [0.4, 0.5) is 4.79 Å². The predicted molar refractivity (Wildman–Crippen MR) is 121 cm³/mol. The molecule has 1 fully saturated rings. The third-order valence-electron chi connectivity index (χ3n) is 6.22. The van der Waals surface area contributed by atoms with Crippen molar-refractivity contribution in [2.24, 2.45) is 5.73 Å². The van der Waals surface area contributed by atoms with Gasteiger partial charge in [0.15, 0.2) is 8.32 Å². The van der Waals surface area contributed by atoms with Gasteiger partial charge in [0.1, 0.15) is 11.6 Å². The molecule has 1 aliphatic heterocycles. The Kier molecular flexibility index (Phi) is 8.55. The summed E-state index contributed by atoms with van der Waals surface area (Å²) >= 11 is 0. The van der Waals surface area contributed by atoms with E-state index in [0.717, 1.165) is 6.42 Å². The highest BCUT2D eigenvalue weighted by molar-refractivity contribution is 6.74. The first-order chi connectivity index (χ1) is 13.5. The zero-order chi connectivity index (χ0) is 23.5. The molecular formula is C21H43N3O5Si. The Morgan fingerprint density at radius 3 is 2.23 bits per heavy atom. The molecule has 0 radical (unpaired) electrons. The van der Waals surface area contributed by atoms with Gasteiger partial charge in [-0.05, 0) is 58.7 Å². The fraction of sp³-hybridized carbons (Fsp3) is 0.905. The van der Waals surface area contributed by atoms with Crippen molar-refractivity contribution >= 4 is 20.3 Å². The lowest BCUT2D eigenvalue weighted by molar-refractivity contribution is -0.122. The molecule has 0 aromatic carbocycles. The van der Waals surface area contributed by atoms with Crippen LogP contribution in [0.25, 0.3) is 0 Å². The Morgan fingerprint density at radius 2 is 1.80 bits per heavy atom. The van der Waals surface area contributed by atoms with Crippen LogP contribution < -0.4 is 11.1 Å². The molecule has 1 saturated heterocycles. The lowest BCUT2D eigenvalue weighted by Gasteiger charge is -2.41. The third-order valence-corrected chi connectivity index (χ3v) is 10.8. The molecule has 0 aliphatic carbocycles. The normalized spacial score (nSPS) is 22.7. The number of hydrogen-bond acceptors (Lipinski definition) is 6. The van der Waals surface area contributed by atoms with Crippen LogP contribution in [0.1, 0.15) is 61.3 Å². The van der Waals surface area contributed by atoms with E-state index in [4.69, 9.17) is 14.9 Å². The third kappa shape index (κ3) is 6.67.